The Hall–Kier alpha value is -0.930. The van der Waals surface area contributed by atoms with Crippen molar-refractivity contribution < 1.29 is 9.13 Å². The molecule has 114 valence electrons. The summed E-state index contributed by atoms with van der Waals surface area (Å²) in [4.78, 5) is 0. The molecule has 1 aromatic rings. The van der Waals surface area contributed by atoms with Crippen molar-refractivity contribution in [1.29, 1.82) is 0 Å². The Balaban J connectivity index is 2.83. The lowest BCUT2D eigenvalue weighted by atomic mass is 9.84. The first-order valence-corrected chi connectivity index (χ1v) is 7.33. The molecule has 1 N–H and O–H groups in total. The van der Waals surface area contributed by atoms with Crippen molar-refractivity contribution in [2.24, 2.45) is 5.92 Å². The largest absolute Gasteiger partial charge is 0.385 e. The smallest absolute Gasteiger partial charge is 0.123 e. The van der Waals surface area contributed by atoms with E-state index in [0.717, 1.165) is 25.1 Å². The molecule has 0 saturated heterocycles. The molecule has 1 aromatic carbocycles. The number of rotatable bonds is 7. The van der Waals surface area contributed by atoms with Crippen LogP contribution in [-0.2, 0) is 4.74 Å². The maximum Gasteiger partial charge on any atom is 0.123 e. The Morgan fingerprint density at radius 1 is 1.30 bits per heavy atom. The number of halogens is 1. The van der Waals surface area contributed by atoms with Gasteiger partial charge < -0.3 is 10.1 Å². The van der Waals surface area contributed by atoms with E-state index in [1.54, 1.807) is 19.2 Å². The second-order valence-corrected chi connectivity index (χ2v) is 6.55. The van der Waals surface area contributed by atoms with Crippen LogP contribution in [0.3, 0.4) is 0 Å². The molecule has 0 radical (unpaired) electrons. The van der Waals surface area contributed by atoms with Gasteiger partial charge in [0.05, 0.1) is 0 Å². The topological polar surface area (TPSA) is 21.3 Å². The zero-order valence-corrected chi connectivity index (χ0v) is 13.4. The van der Waals surface area contributed by atoms with Crippen LogP contribution in [0.15, 0.2) is 24.3 Å². The molecule has 2 unspecified atom stereocenters. The van der Waals surface area contributed by atoms with Crippen LogP contribution in [0.5, 0.6) is 0 Å². The lowest BCUT2D eigenvalue weighted by Gasteiger charge is -2.29. The van der Waals surface area contributed by atoms with E-state index in [1.807, 2.05) is 6.07 Å². The van der Waals surface area contributed by atoms with Gasteiger partial charge in [0.25, 0.3) is 0 Å². The van der Waals surface area contributed by atoms with Gasteiger partial charge in [0.15, 0.2) is 0 Å². The Labute approximate surface area is 122 Å². The minimum Gasteiger partial charge on any atom is -0.385 e. The third-order valence-corrected chi connectivity index (χ3v) is 3.59. The maximum absolute atomic E-state index is 13.5. The summed E-state index contributed by atoms with van der Waals surface area (Å²) in [5, 5.41) is 3.53. The summed E-state index contributed by atoms with van der Waals surface area (Å²) in [7, 11) is 1.72. The number of methoxy groups -OCH3 is 1. The van der Waals surface area contributed by atoms with Gasteiger partial charge in [-0.05, 0) is 56.7 Å². The van der Waals surface area contributed by atoms with E-state index < -0.39 is 0 Å². The SMILES string of the molecule is COCCC(C)C(CNC(C)(C)C)c1cccc(F)c1. The second kappa shape index (κ2) is 7.75. The Kier molecular flexibility index (Phi) is 6.63. The monoisotopic (exact) mass is 281 g/mol. The zero-order valence-electron chi connectivity index (χ0n) is 13.4. The van der Waals surface area contributed by atoms with Gasteiger partial charge in [-0.25, -0.2) is 4.39 Å². The molecule has 2 nitrogen and oxygen atoms in total. The van der Waals surface area contributed by atoms with Gasteiger partial charge in [-0.3, -0.25) is 0 Å². The van der Waals surface area contributed by atoms with Gasteiger partial charge >= 0.3 is 0 Å². The van der Waals surface area contributed by atoms with E-state index in [9.17, 15) is 4.39 Å². The van der Waals surface area contributed by atoms with E-state index >= 15 is 0 Å². The van der Waals surface area contributed by atoms with Crippen LogP contribution in [0.25, 0.3) is 0 Å². The Morgan fingerprint density at radius 3 is 2.55 bits per heavy atom. The van der Waals surface area contributed by atoms with Crippen LogP contribution < -0.4 is 5.32 Å². The minimum absolute atomic E-state index is 0.0621. The van der Waals surface area contributed by atoms with Gasteiger partial charge in [-0.15, -0.1) is 0 Å². The normalized spacial score (nSPS) is 15.1. The first-order chi connectivity index (χ1) is 9.33. The van der Waals surface area contributed by atoms with E-state index in [4.69, 9.17) is 4.74 Å². The average molecular weight is 281 g/mol. The summed E-state index contributed by atoms with van der Waals surface area (Å²) < 4.78 is 18.6. The van der Waals surface area contributed by atoms with E-state index in [-0.39, 0.29) is 11.4 Å². The van der Waals surface area contributed by atoms with Crippen molar-refractivity contribution in [1.82, 2.24) is 5.32 Å². The van der Waals surface area contributed by atoms with Crippen molar-refractivity contribution in [3.8, 4) is 0 Å². The van der Waals surface area contributed by atoms with Crippen LogP contribution in [-0.4, -0.2) is 25.8 Å². The quantitative estimate of drug-likeness (QED) is 0.816. The van der Waals surface area contributed by atoms with Crippen LogP contribution in [0.1, 0.15) is 45.6 Å². The van der Waals surface area contributed by atoms with Gasteiger partial charge in [-0.2, -0.15) is 0 Å². The summed E-state index contributed by atoms with van der Waals surface area (Å²) in [6.07, 6.45) is 0.976. The maximum atomic E-state index is 13.5. The van der Waals surface area contributed by atoms with Gasteiger partial charge in [-0.1, -0.05) is 19.1 Å². The number of ether oxygens (including phenoxy) is 1. The summed E-state index contributed by atoms with van der Waals surface area (Å²) in [6.45, 7) is 10.2. The van der Waals surface area contributed by atoms with Crippen LogP contribution in [0, 0.1) is 11.7 Å². The predicted octanol–water partition coefficient (Wildman–Crippen LogP) is 3.97. The molecule has 2 atom stereocenters. The van der Waals surface area contributed by atoms with Crippen LogP contribution in [0.2, 0.25) is 0 Å². The highest BCUT2D eigenvalue weighted by Crippen LogP contribution is 2.27. The lowest BCUT2D eigenvalue weighted by Crippen LogP contribution is -2.39. The molecule has 20 heavy (non-hydrogen) atoms. The van der Waals surface area contributed by atoms with Gasteiger partial charge in [0.1, 0.15) is 5.82 Å². The molecule has 1 rings (SSSR count). The van der Waals surface area contributed by atoms with Crippen LogP contribution >= 0.6 is 0 Å². The van der Waals surface area contributed by atoms with Crippen molar-refractivity contribution >= 4 is 0 Å². The first-order valence-electron chi connectivity index (χ1n) is 7.33. The molecule has 0 amide bonds. The highest BCUT2D eigenvalue weighted by Gasteiger charge is 2.21. The summed E-state index contributed by atoms with van der Waals surface area (Å²) in [6, 6.07) is 6.95. The molecule has 0 aliphatic heterocycles. The zero-order chi connectivity index (χ0) is 15.2. The summed E-state index contributed by atoms with van der Waals surface area (Å²) >= 11 is 0. The fraction of sp³-hybridized carbons (Fsp3) is 0.647. The molecule has 0 aromatic heterocycles. The van der Waals surface area contributed by atoms with E-state index in [0.29, 0.717) is 11.8 Å². The average Bonchev–Trinajstić information content (AvgIpc) is 2.35. The van der Waals surface area contributed by atoms with Gasteiger partial charge in [0.2, 0.25) is 0 Å². The Morgan fingerprint density at radius 2 is 2.00 bits per heavy atom. The van der Waals surface area contributed by atoms with E-state index in [2.05, 4.69) is 33.0 Å². The molecule has 3 heteroatoms. The molecular formula is C17H28FNO. The molecule has 0 fully saturated rings. The predicted molar refractivity (Wildman–Crippen MR) is 82.6 cm³/mol. The number of nitrogens with one attached hydrogen (secondary N) is 1. The summed E-state index contributed by atoms with van der Waals surface area (Å²) in [5.41, 5.74) is 1.12. The molecule has 0 saturated carbocycles. The molecular weight excluding hydrogens is 253 g/mol. The van der Waals surface area contributed by atoms with Crippen LogP contribution in [0.4, 0.5) is 4.39 Å². The van der Waals surface area contributed by atoms with Crippen molar-refractivity contribution in [3.05, 3.63) is 35.6 Å². The molecule has 0 aliphatic carbocycles. The van der Waals surface area contributed by atoms with Crippen molar-refractivity contribution in [2.75, 3.05) is 20.3 Å². The van der Waals surface area contributed by atoms with E-state index in [1.165, 1.54) is 6.07 Å². The molecule has 0 spiro atoms. The third-order valence-electron chi connectivity index (χ3n) is 3.59. The van der Waals surface area contributed by atoms with Gasteiger partial charge in [0, 0.05) is 25.8 Å². The van der Waals surface area contributed by atoms with Crippen molar-refractivity contribution in [3.63, 3.8) is 0 Å². The summed E-state index contributed by atoms with van der Waals surface area (Å²) in [5.74, 6) is 0.564. The highest BCUT2D eigenvalue weighted by atomic mass is 19.1. The third kappa shape index (κ3) is 6.02. The fourth-order valence-electron chi connectivity index (χ4n) is 2.31. The standard InChI is InChI=1S/C17H28FNO/c1-13(9-10-20-5)16(12-19-17(2,3)4)14-7-6-8-15(18)11-14/h6-8,11,13,16,19H,9-10,12H2,1-5H3. The second-order valence-electron chi connectivity index (χ2n) is 6.55. The highest BCUT2D eigenvalue weighted by molar-refractivity contribution is 5.22. The minimum atomic E-state index is -0.165. The molecule has 0 heterocycles. The Bertz CT molecular complexity index is 400. The number of hydrogen-bond donors (Lipinski definition) is 1. The molecule has 0 bridgehead atoms. The molecule has 0 aliphatic rings. The first kappa shape index (κ1) is 17.1. The van der Waals surface area contributed by atoms with Crippen molar-refractivity contribution in [2.45, 2.75) is 45.6 Å². The fourth-order valence-corrected chi connectivity index (χ4v) is 2.31. The lowest BCUT2D eigenvalue weighted by molar-refractivity contribution is 0.172. The number of hydrogen-bond acceptors (Lipinski definition) is 2. The number of benzene rings is 1.